The van der Waals surface area contributed by atoms with E-state index in [9.17, 15) is 5.11 Å². The summed E-state index contributed by atoms with van der Waals surface area (Å²) >= 11 is 0. The number of hydrogen-bond acceptors (Lipinski definition) is 6. The predicted octanol–water partition coefficient (Wildman–Crippen LogP) is 16.8. The number of ether oxygens (including phenoxy) is 2. The van der Waals surface area contributed by atoms with Crippen molar-refractivity contribution in [2.75, 3.05) is 53.5 Å². The number of phenolic OH excluding ortho intramolecular Hbond substituents is 1. The van der Waals surface area contributed by atoms with E-state index in [-0.39, 0.29) is 34.1 Å². The van der Waals surface area contributed by atoms with Gasteiger partial charge in [-0.2, -0.15) is 71.8 Å². The molecule has 3 unspecified atom stereocenters. The molecule has 6 nitrogen and oxygen atoms in total. The van der Waals surface area contributed by atoms with Crippen LogP contribution in [0.15, 0.2) is 164 Å². The van der Waals surface area contributed by atoms with E-state index >= 15 is 0 Å². The number of methoxy groups -OCH3 is 2. The summed E-state index contributed by atoms with van der Waals surface area (Å²) in [6.45, 7) is 14.1. The zero-order valence-corrected chi connectivity index (χ0v) is 54.7. The molecule has 460 valence electrons. The van der Waals surface area contributed by atoms with E-state index in [0.717, 1.165) is 81.0 Å². The molecule has 7 aliphatic carbocycles. The van der Waals surface area contributed by atoms with Gasteiger partial charge in [-0.15, -0.1) is 0 Å². The first-order valence-electron chi connectivity index (χ1n) is 32.8. The van der Waals surface area contributed by atoms with Crippen molar-refractivity contribution in [3.63, 3.8) is 0 Å². The fraction of sp³-hybridized carbons (Fsp3) is 0.506. The fourth-order valence-corrected chi connectivity index (χ4v) is 16.2. The number of aryl methyl sites for hydroxylation is 3. The Morgan fingerprint density at radius 3 is 1.21 bits per heavy atom. The van der Waals surface area contributed by atoms with Gasteiger partial charge in [0.2, 0.25) is 0 Å². The second-order valence-corrected chi connectivity index (χ2v) is 25.6. The Balaban J connectivity index is 0.000000167. The van der Waals surface area contributed by atoms with Gasteiger partial charge in [0, 0.05) is 31.2 Å². The summed E-state index contributed by atoms with van der Waals surface area (Å²) in [5.41, 5.74) is 12.0. The van der Waals surface area contributed by atoms with E-state index in [1.165, 1.54) is 128 Å². The number of rotatable bonds is 20. The van der Waals surface area contributed by atoms with Crippen LogP contribution in [0.25, 0.3) is 0 Å². The van der Waals surface area contributed by atoms with Crippen molar-refractivity contribution in [2.24, 2.45) is 23.2 Å². The van der Waals surface area contributed by atoms with E-state index in [1.807, 2.05) is 79.9 Å². The van der Waals surface area contributed by atoms with Crippen LogP contribution in [-0.2, 0) is 85.5 Å². The van der Waals surface area contributed by atoms with Crippen LogP contribution in [0.4, 0.5) is 0 Å². The van der Waals surface area contributed by atoms with Crippen LogP contribution in [0.2, 0.25) is 0 Å². The Bertz CT molecular complexity index is 2730. The maximum absolute atomic E-state index is 10.1. The summed E-state index contributed by atoms with van der Waals surface area (Å²) < 4.78 is 11.3. The van der Waals surface area contributed by atoms with Crippen LogP contribution in [0, 0.1) is 23.2 Å². The van der Waals surface area contributed by atoms with Crippen LogP contribution < -0.4 is 9.47 Å². The van der Waals surface area contributed by atoms with Crippen LogP contribution in [0.3, 0.4) is 0 Å². The zero-order valence-electron chi connectivity index (χ0n) is 52.5. The maximum Gasteiger partial charge on any atom is 2.00 e. The molecule has 0 aromatic heterocycles. The van der Waals surface area contributed by atoms with Crippen molar-refractivity contribution >= 4 is 0 Å². The van der Waals surface area contributed by atoms with Crippen molar-refractivity contribution in [2.45, 2.75) is 174 Å². The van der Waals surface area contributed by atoms with Gasteiger partial charge < -0.3 is 19.5 Å². The second kappa shape index (κ2) is 35.4. The minimum absolute atomic E-state index is 0. The smallest absolute Gasteiger partial charge is 0.508 e. The summed E-state index contributed by atoms with van der Waals surface area (Å²) in [6, 6.07) is 58.4. The Morgan fingerprint density at radius 1 is 0.459 bits per heavy atom. The molecular formula is C77H103Fe2N3O3. The van der Waals surface area contributed by atoms with Gasteiger partial charge >= 0.3 is 34.1 Å². The monoisotopic (exact) mass is 1230 g/mol. The molecule has 0 radical (unpaired) electrons. The van der Waals surface area contributed by atoms with E-state index in [2.05, 4.69) is 126 Å². The van der Waals surface area contributed by atoms with Crippen molar-refractivity contribution < 1.29 is 48.7 Å². The quantitative estimate of drug-likeness (QED) is 0.0606. The molecule has 14 rings (SSSR count). The molecule has 0 heterocycles. The molecule has 85 heavy (non-hydrogen) atoms. The third-order valence-corrected chi connectivity index (χ3v) is 19.8. The third kappa shape index (κ3) is 19.4. The molecule has 7 aliphatic rings. The molecule has 0 amide bonds. The molecule has 0 aliphatic heterocycles. The van der Waals surface area contributed by atoms with Crippen LogP contribution in [0.1, 0.15) is 149 Å². The van der Waals surface area contributed by atoms with Crippen molar-refractivity contribution in [3.05, 3.63) is 208 Å². The van der Waals surface area contributed by atoms with Gasteiger partial charge in [-0.25, -0.2) is 48.5 Å². The first kappa shape index (κ1) is 67.9. The van der Waals surface area contributed by atoms with E-state index < -0.39 is 0 Å². The van der Waals surface area contributed by atoms with Crippen molar-refractivity contribution in [1.82, 2.24) is 14.7 Å². The Hall–Kier alpha value is -4.62. The number of nitrogens with zero attached hydrogens (tertiary/aromatic N) is 3. The SMILES string of the molecule is CCCN(CCC12CC3CC(CC(C3)C1)C2)C1CCc2cccc(OC)c2C1.CCCN(CCc1ccc[cH-]1)C1CCc2cccc(O)c2C1.CCCN(CCc1ccc[cH-]1)C1CCc2cccc(OC)c2C1.[Fe+2].[Fe+2].c1cc[cH-]c1.c1cc[cH-]c1. The van der Waals surface area contributed by atoms with Gasteiger partial charge in [-0.1, -0.05) is 57.2 Å². The normalized spacial score (nSPS) is 22.0. The third-order valence-electron chi connectivity index (χ3n) is 19.8. The summed E-state index contributed by atoms with van der Waals surface area (Å²) in [4.78, 5) is 8.19. The predicted molar refractivity (Wildman–Crippen MR) is 348 cm³/mol. The summed E-state index contributed by atoms with van der Waals surface area (Å²) in [5.74, 6) is 5.90. The van der Waals surface area contributed by atoms with Gasteiger partial charge in [-0.3, -0.25) is 9.80 Å². The molecule has 8 heteroatoms. The van der Waals surface area contributed by atoms with Gasteiger partial charge in [0.15, 0.2) is 0 Å². The number of phenols is 1. The topological polar surface area (TPSA) is 48.4 Å². The average molecular weight is 1230 g/mol. The molecule has 3 atom stereocenters. The van der Waals surface area contributed by atoms with Gasteiger partial charge in [0.05, 0.1) is 14.2 Å². The van der Waals surface area contributed by atoms with Gasteiger partial charge in [0.1, 0.15) is 17.2 Å². The first-order valence-corrected chi connectivity index (χ1v) is 32.8. The minimum Gasteiger partial charge on any atom is -0.508 e. The van der Waals surface area contributed by atoms with Gasteiger partial charge in [0.25, 0.3) is 0 Å². The molecule has 0 saturated heterocycles. The fourth-order valence-electron chi connectivity index (χ4n) is 16.2. The molecule has 4 fully saturated rings. The summed E-state index contributed by atoms with van der Waals surface area (Å²) in [5, 5.41) is 10.1. The summed E-state index contributed by atoms with van der Waals surface area (Å²) in [6.07, 6.45) is 27.4. The molecule has 7 aromatic carbocycles. The average Bonchev–Trinajstić information content (AvgIpc) is 2.12. The molecule has 4 saturated carbocycles. The Kier molecular flexibility index (Phi) is 28.3. The second-order valence-electron chi connectivity index (χ2n) is 25.6. The summed E-state index contributed by atoms with van der Waals surface area (Å²) in [7, 11) is 3.62. The number of aromatic hydroxyl groups is 1. The number of fused-ring (bicyclic) bond motifs is 3. The molecule has 7 aromatic rings. The van der Waals surface area contributed by atoms with Gasteiger partial charge in [-0.05, 0) is 236 Å². The van der Waals surface area contributed by atoms with E-state index in [4.69, 9.17) is 9.47 Å². The molecule has 4 bridgehead atoms. The van der Waals surface area contributed by atoms with Crippen LogP contribution >= 0.6 is 0 Å². The van der Waals surface area contributed by atoms with Crippen molar-refractivity contribution in [3.8, 4) is 17.2 Å². The number of benzene rings is 3. The molecule has 0 spiro atoms. The molecular weight excluding hydrogens is 1130 g/mol. The van der Waals surface area contributed by atoms with E-state index in [1.54, 1.807) is 45.6 Å². The standard InChI is InChI=1S/C26H39NO.C21H28NO.C20H26NO.2C5H5.2Fe/c1-3-10-27(23-8-7-22-5-4-6-25(28-2)24(22)15-23)11-9-26-16-19-12-20(17-26)14-21(13-19)18-26;1-3-14-22(15-13-17-7-4-5-8-17)19-12-11-18-9-6-10-21(23-2)20(18)16-19;1-2-13-21(14-12-16-6-3-4-7-16)18-11-10-17-8-5-9-20(22)19(17)15-18;2*1-2-4-5-3-1;;/h4-6,19-21,23H,3,7-18H2,1-2H3;4-10,19H,3,11-16H2,1-2H3;3-9,18,22H,2,10-15H2,1H3;2*1-5H;;/q;4*-1;2*+2. The minimum atomic E-state index is 0. The first-order chi connectivity index (χ1) is 40.8. The van der Waals surface area contributed by atoms with Crippen LogP contribution in [-0.4, -0.2) is 91.4 Å². The Labute approximate surface area is 535 Å². The maximum atomic E-state index is 10.1. The zero-order chi connectivity index (χ0) is 57.6. The van der Waals surface area contributed by atoms with Crippen molar-refractivity contribution in [1.29, 1.82) is 0 Å². The Morgan fingerprint density at radius 2 is 0.847 bits per heavy atom. The van der Waals surface area contributed by atoms with E-state index in [0.29, 0.717) is 29.3 Å². The largest absolute Gasteiger partial charge is 2.00 e. The number of hydrogen-bond donors (Lipinski definition) is 1. The molecule has 1 N–H and O–H groups in total. The van der Waals surface area contributed by atoms with Crippen LogP contribution in [0.5, 0.6) is 17.2 Å².